The summed E-state index contributed by atoms with van der Waals surface area (Å²) < 4.78 is 0. The molecule has 2 unspecified atom stereocenters. The average molecular weight is 271 g/mol. The molecule has 1 aliphatic rings. The van der Waals surface area contributed by atoms with E-state index in [2.05, 4.69) is 5.32 Å². The minimum absolute atomic E-state index is 0.0245. The molecular formula is C14H25NO4. The molecule has 0 aromatic carbocycles. The van der Waals surface area contributed by atoms with Gasteiger partial charge in [0.25, 0.3) is 0 Å². The first kappa shape index (κ1) is 16.0. The Morgan fingerprint density at radius 3 is 2.05 bits per heavy atom. The van der Waals surface area contributed by atoms with Gasteiger partial charge in [0.05, 0.1) is 18.4 Å². The standard InChI is InChI=1S/C14H25NO4/c1-5-14(6-2,8-16)7-15-11(17)9-10(12(18)19)13(9,3)4/h9-10,16H,5-8H2,1-4H3,(H,15,17)(H,18,19). The molecule has 110 valence electrons. The van der Waals surface area contributed by atoms with Crippen molar-refractivity contribution in [2.45, 2.75) is 40.5 Å². The molecule has 0 saturated heterocycles. The van der Waals surface area contributed by atoms with Crippen LogP contribution in [0, 0.1) is 22.7 Å². The van der Waals surface area contributed by atoms with E-state index in [4.69, 9.17) is 5.11 Å². The molecular weight excluding hydrogens is 246 g/mol. The SMILES string of the molecule is CCC(CC)(CO)CNC(=O)C1C(C(=O)O)C1(C)C. The molecule has 1 saturated carbocycles. The van der Waals surface area contributed by atoms with Crippen molar-refractivity contribution in [3.8, 4) is 0 Å². The van der Waals surface area contributed by atoms with Crippen molar-refractivity contribution in [2.24, 2.45) is 22.7 Å². The van der Waals surface area contributed by atoms with Crippen molar-refractivity contribution in [3.05, 3.63) is 0 Å². The highest BCUT2D eigenvalue weighted by molar-refractivity contribution is 5.91. The Labute approximate surface area is 114 Å². The lowest BCUT2D eigenvalue weighted by molar-refractivity contribution is -0.140. The highest BCUT2D eigenvalue weighted by Crippen LogP contribution is 2.58. The summed E-state index contributed by atoms with van der Waals surface area (Å²) in [4.78, 5) is 23.1. The first-order chi connectivity index (χ1) is 8.75. The second-order valence-electron chi connectivity index (χ2n) is 6.20. The van der Waals surface area contributed by atoms with Gasteiger partial charge in [-0.3, -0.25) is 9.59 Å². The van der Waals surface area contributed by atoms with Crippen LogP contribution in [0.15, 0.2) is 0 Å². The number of carboxylic acid groups (broad SMARTS) is 1. The largest absolute Gasteiger partial charge is 0.481 e. The molecule has 1 amide bonds. The lowest BCUT2D eigenvalue weighted by Gasteiger charge is -2.29. The van der Waals surface area contributed by atoms with Gasteiger partial charge in [0.1, 0.15) is 0 Å². The predicted molar refractivity (Wildman–Crippen MR) is 71.5 cm³/mol. The molecule has 5 heteroatoms. The maximum Gasteiger partial charge on any atom is 0.307 e. The monoisotopic (exact) mass is 271 g/mol. The molecule has 0 aromatic heterocycles. The third-order valence-electron chi connectivity index (χ3n) is 4.85. The minimum atomic E-state index is -0.912. The van der Waals surface area contributed by atoms with Gasteiger partial charge in [-0.25, -0.2) is 0 Å². The summed E-state index contributed by atoms with van der Waals surface area (Å²) in [6, 6.07) is 0. The molecule has 0 aliphatic heterocycles. The molecule has 3 N–H and O–H groups in total. The number of hydrogen-bond donors (Lipinski definition) is 3. The van der Waals surface area contributed by atoms with E-state index in [0.717, 1.165) is 12.8 Å². The van der Waals surface area contributed by atoms with Crippen LogP contribution < -0.4 is 5.32 Å². The normalized spacial score (nSPS) is 24.9. The summed E-state index contributed by atoms with van der Waals surface area (Å²) in [6.07, 6.45) is 1.55. The van der Waals surface area contributed by atoms with E-state index in [-0.39, 0.29) is 17.9 Å². The Balaban J connectivity index is 2.61. The summed E-state index contributed by atoms with van der Waals surface area (Å²) in [7, 11) is 0. The Morgan fingerprint density at radius 1 is 1.21 bits per heavy atom. The fourth-order valence-electron chi connectivity index (χ4n) is 2.75. The molecule has 0 heterocycles. The van der Waals surface area contributed by atoms with Crippen LogP contribution in [0.2, 0.25) is 0 Å². The van der Waals surface area contributed by atoms with Crippen molar-refractivity contribution in [3.63, 3.8) is 0 Å². The second kappa shape index (κ2) is 5.49. The van der Waals surface area contributed by atoms with E-state index >= 15 is 0 Å². The maximum atomic E-state index is 12.1. The molecule has 0 spiro atoms. The van der Waals surface area contributed by atoms with E-state index in [1.54, 1.807) is 13.8 Å². The Kier molecular flexibility index (Phi) is 4.61. The Hall–Kier alpha value is -1.10. The number of nitrogens with one attached hydrogen (secondary N) is 1. The number of aliphatic hydroxyl groups excluding tert-OH is 1. The molecule has 19 heavy (non-hydrogen) atoms. The van der Waals surface area contributed by atoms with Crippen LogP contribution >= 0.6 is 0 Å². The number of carboxylic acids is 1. The fraction of sp³-hybridized carbons (Fsp3) is 0.857. The van der Waals surface area contributed by atoms with Crippen LogP contribution in [0.1, 0.15) is 40.5 Å². The Morgan fingerprint density at radius 2 is 1.74 bits per heavy atom. The number of amides is 1. The van der Waals surface area contributed by atoms with Crippen LogP contribution in [0.4, 0.5) is 0 Å². The van der Waals surface area contributed by atoms with E-state index in [9.17, 15) is 14.7 Å². The number of rotatable bonds is 7. The molecule has 1 rings (SSSR count). The first-order valence-electron chi connectivity index (χ1n) is 6.87. The molecule has 2 atom stereocenters. The lowest BCUT2D eigenvalue weighted by atomic mass is 9.83. The summed E-state index contributed by atoms with van der Waals surface area (Å²) in [5.41, 5.74) is -0.774. The maximum absolute atomic E-state index is 12.1. The number of carbonyl (C=O) groups is 2. The molecule has 1 fully saturated rings. The van der Waals surface area contributed by atoms with Crippen LogP contribution in [0.3, 0.4) is 0 Å². The van der Waals surface area contributed by atoms with Crippen molar-refractivity contribution in [2.75, 3.05) is 13.2 Å². The summed E-state index contributed by atoms with van der Waals surface area (Å²) in [5.74, 6) is -2.18. The summed E-state index contributed by atoms with van der Waals surface area (Å²) in [5, 5.41) is 21.3. The van der Waals surface area contributed by atoms with Crippen molar-refractivity contribution in [1.29, 1.82) is 0 Å². The van der Waals surface area contributed by atoms with Crippen molar-refractivity contribution >= 4 is 11.9 Å². The molecule has 0 bridgehead atoms. The zero-order chi connectivity index (χ0) is 14.8. The van der Waals surface area contributed by atoms with Gasteiger partial charge in [-0.1, -0.05) is 27.7 Å². The number of carbonyl (C=O) groups excluding carboxylic acids is 1. The smallest absolute Gasteiger partial charge is 0.307 e. The second-order valence-corrected chi connectivity index (χ2v) is 6.20. The molecule has 0 aromatic rings. The van der Waals surface area contributed by atoms with Gasteiger partial charge in [-0.15, -0.1) is 0 Å². The topological polar surface area (TPSA) is 86.6 Å². The van der Waals surface area contributed by atoms with Gasteiger partial charge in [0.2, 0.25) is 5.91 Å². The van der Waals surface area contributed by atoms with Crippen LogP contribution in [0.25, 0.3) is 0 Å². The van der Waals surface area contributed by atoms with Gasteiger partial charge in [0.15, 0.2) is 0 Å². The summed E-state index contributed by atoms with van der Waals surface area (Å²) >= 11 is 0. The van der Waals surface area contributed by atoms with Crippen LogP contribution in [-0.4, -0.2) is 35.2 Å². The van der Waals surface area contributed by atoms with Crippen molar-refractivity contribution < 1.29 is 19.8 Å². The van der Waals surface area contributed by atoms with E-state index in [0.29, 0.717) is 6.54 Å². The van der Waals surface area contributed by atoms with Gasteiger partial charge < -0.3 is 15.5 Å². The van der Waals surface area contributed by atoms with Gasteiger partial charge in [-0.2, -0.15) is 0 Å². The lowest BCUT2D eigenvalue weighted by Crippen LogP contribution is -2.40. The average Bonchev–Trinajstić information content (AvgIpc) is 2.95. The van der Waals surface area contributed by atoms with E-state index in [1.807, 2.05) is 13.8 Å². The van der Waals surface area contributed by atoms with E-state index < -0.39 is 23.2 Å². The van der Waals surface area contributed by atoms with Crippen LogP contribution in [0.5, 0.6) is 0 Å². The zero-order valence-corrected chi connectivity index (χ0v) is 12.2. The predicted octanol–water partition coefficient (Wildman–Crippen LogP) is 1.26. The molecule has 1 aliphatic carbocycles. The Bertz CT molecular complexity index is 352. The fourth-order valence-corrected chi connectivity index (χ4v) is 2.75. The summed E-state index contributed by atoms with van der Waals surface area (Å²) in [6.45, 7) is 7.98. The van der Waals surface area contributed by atoms with E-state index in [1.165, 1.54) is 0 Å². The van der Waals surface area contributed by atoms with Gasteiger partial charge >= 0.3 is 5.97 Å². The van der Waals surface area contributed by atoms with Crippen molar-refractivity contribution in [1.82, 2.24) is 5.32 Å². The highest BCUT2D eigenvalue weighted by Gasteiger charge is 2.65. The highest BCUT2D eigenvalue weighted by atomic mass is 16.4. The quantitative estimate of drug-likeness (QED) is 0.650. The number of aliphatic carboxylic acids is 1. The number of aliphatic hydroxyl groups is 1. The first-order valence-corrected chi connectivity index (χ1v) is 6.87. The van der Waals surface area contributed by atoms with Gasteiger partial charge in [0, 0.05) is 12.0 Å². The molecule has 5 nitrogen and oxygen atoms in total. The van der Waals surface area contributed by atoms with Crippen LogP contribution in [-0.2, 0) is 9.59 Å². The third kappa shape index (κ3) is 2.91. The zero-order valence-electron chi connectivity index (χ0n) is 12.2. The third-order valence-corrected chi connectivity index (χ3v) is 4.85. The minimum Gasteiger partial charge on any atom is -0.481 e. The number of hydrogen-bond acceptors (Lipinski definition) is 3. The van der Waals surface area contributed by atoms with Gasteiger partial charge in [-0.05, 0) is 18.3 Å². The molecule has 0 radical (unpaired) electrons.